The molecule has 1 rings (SSSR count). The summed E-state index contributed by atoms with van der Waals surface area (Å²) >= 11 is 0. The van der Waals surface area contributed by atoms with Crippen LogP contribution in [0, 0.1) is 0 Å². The van der Waals surface area contributed by atoms with Crippen LogP contribution in [0.4, 0.5) is 5.82 Å². The lowest BCUT2D eigenvalue weighted by Crippen LogP contribution is -1.88. The van der Waals surface area contributed by atoms with Gasteiger partial charge in [0.2, 0.25) is 0 Å². The van der Waals surface area contributed by atoms with Crippen LogP contribution in [0.5, 0.6) is 0 Å². The first-order chi connectivity index (χ1) is 8.12. The molecule has 0 atom stereocenters. The fourth-order valence-electron chi connectivity index (χ4n) is 0.511. The van der Waals surface area contributed by atoms with E-state index < -0.39 is 0 Å². The SMILES string of the molecule is C=CC(=C)C.C=CC=C.CNc1ccccn1. The van der Waals surface area contributed by atoms with Crippen molar-refractivity contribution in [2.24, 2.45) is 0 Å². The van der Waals surface area contributed by atoms with Crippen molar-refractivity contribution in [1.29, 1.82) is 0 Å². The Morgan fingerprint density at radius 3 is 1.94 bits per heavy atom. The lowest BCUT2D eigenvalue weighted by Gasteiger charge is -1.92. The summed E-state index contributed by atoms with van der Waals surface area (Å²) in [5, 5.41) is 2.92. The van der Waals surface area contributed by atoms with Gasteiger partial charge in [0.15, 0.2) is 0 Å². The van der Waals surface area contributed by atoms with Crippen LogP contribution < -0.4 is 5.32 Å². The minimum atomic E-state index is 0.910. The van der Waals surface area contributed by atoms with Gasteiger partial charge in [-0.3, -0.25) is 0 Å². The van der Waals surface area contributed by atoms with Gasteiger partial charge in [0.05, 0.1) is 0 Å². The van der Waals surface area contributed by atoms with Crippen LogP contribution in [0.15, 0.2) is 74.5 Å². The predicted molar refractivity (Wildman–Crippen MR) is 79.2 cm³/mol. The van der Waals surface area contributed by atoms with Gasteiger partial charge >= 0.3 is 0 Å². The Hall–Kier alpha value is -2.09. The molecule has 0 aliphatic rings. The number of nitrogens with one attached hydrogen (secondary N) is 1. The number of rotatable bonds is 3. The fraction of sp³-hybridized carbons (Fsp3) is 0.133. The lowest BCUT2D eigenvalue weighted by molar-refractivity contribution is 1.29. The molecule has 1 N–H and O–H groups in total. The highest BCUT2D eigenvalue weighted by Crippen LogP contribution is 1.95. The summed E-state index contributed by atoms with van der Waals surface area (Å²) in [6.07, 6.45) is 6.76. The van der Waals surface area contributed by atoms with E-state index in [9.17, 15) is 0 Å². The van der Waals surface area contributed by atoms with Gasteiger partial charge in [-0.25, -0.2) is 4.98 Å². The second kappa shape index (κ2) is 13.9. The van der Waals surface area contributed by atoms with Crippen LogP contribution in [0.2, 0.25) is 0 Å². The first-order valence-corrected chi connectivity index (χ1v) is 5.22. The van der Waals surface area contributed by atoms with Crippen molar-refractivity contribution in [2.45, 2.75) is 6.92 Å². The van der Waals surface area contributed by atoms with E-state index in [1.54, 1.807) is 24.4 Å². The largest absolute Gasteiger partial charge is 0.373 e. The third-order valence-corrected chi connectivity index (χ3v) is 1.44. The number of hydrogen-bond acceptors (Lipinski definition) is 2. The third kappa shape index (κ3) is 16.6. The highest BCUT2D eigenvalue weighted by atomic mass is 14.9. The average molecular weight is 230 g/mol. The highest BCUT2D eigenvalue weighted by molar-refractivity contribution is 5.31. The van der Waals surface area contributed by atoms with Gasteiger partial charge in [-0.15, -0.1) is 0 Å². The van der Waals surface area contributed by atoms with Gasteiger partial charge in [0.25, 0.3) is 0 Å². The Kier molecular flexibility index (Phi) is 14.2. The summed E-state index contributed by atoms with van der Waals surface area (Å²) in [6, 6.07) is 5.75. The quantitative estimate of drug-likeness (QED) is 0.786. The molecule has 1 heterocycles. The third-order valence-electron chi connectivity index (χ3n) is 1.44. The van der Waals surface area contributed by atoms with E-state index in [1.807, 2.05) is 32.2 Å². The second-order valence-electron chi connectivity index (χ2n) is 2.99. The molecule has 0 aliphatic heterocycles. The summed E-state index contributed by atoms with van der Waals surface area (Å²) in [7, 11) is 1.85. The zero-order valence-electron chi connectivity index (χ0n) is 10.8. The van der Waals surface area contributed by atoms with E-state index in [1.165, 1.54) is 0 Å². The van der Waals surface area contributed by atoms with Crippen LogP contribution in [0.25, 0.3) is 0 Å². The lowest BCUT2D eigenvalue weighted by atomic mass is 10.4. The van der Waals surface area contributed by atoms with Gasteiger partial charge in [-0.1, -0.05) is 56.2 Å². The Bertz CT molecular complexity index is 320. The number of aromatic nitrogens is 1. The maximum atomic E-state index is 3.99. The molecule has 0 unspecified atom stereocenters. The minimum absolute atomic E-state index is 0.910. The molecule has 0 radical (unpaired) electrons. The van der Waals surface area contributed by atoms with Crippen LogP contribution >= 0.6 is 0 Å². The molecule has 0 bridgehead atoms. The average Bonchev–Trinajstić information content (AvgIpc) is 2.40. The molecule has 0 amide bonds. The van der Waals surface area contributed by atoms with Gasteiger partial charge in [-0.2, -0.15) is 0 Å². The molecule has 0 saturated heterocycles. The molecule has 2 nitrogen and oxygen atoms in total. The number of allylic oxidation sites excluding steroid dienone is 4. The molecule has 0 spiro atoms. The summed E-state index contributed by atoms with van der Waals surface area (Å²) in [4.78, 5) is 3.99. The fourth-order valence-corrected chi connectivity index (χ4v) is 0.511. The zero-order chi connectivity index (χ0) is 13.5. The Morgan fingerprint density at radius 1 is 1.24 bits per heavy atom. The molecule has 92 valence electrons. The van der Waals surface area contributed by atoms with Crippen LogP contribution in [0.3, 0.4) is 0 Å². The Morgan fingerprint density at radius 2 is 1.76 bits per heavy atom. The van der Waals surface area contributed by atoms with E-state index in [4.69, 9.17) is 0 Å². The van der Waals surface area contributed by atoms with Crippen molar-refractivity contribution in [3.8, 4) is 0 Å². The van der Waals surface area contributed by atoms with Crippen molar-refractivity contribution in [3.63, 3.8) is 0 Å². The maximum Gasteiger partial charge on any atom is 0.125 e. The predicted octanol–water partition coefficient (Wildman–Crippen LogP) is 4.23. The number of hydrogen-bond donors (Lipinski definition) is 1. The first-order valence-electron chi connectivity index (χ1n) is 5.22. The molecule has 0 fully saturated rings. The molecule has 2 heteroatoms. The van der Waals surface area contributed by atoms with Crippen LogP contribution in [0.1, 0.15) is 6.92 Å². The van der Waals surface area contributed by atoms with E-state index in [2.05, 4.69) is 36.6 Å². The van der Waals surface area contributed by atoms with Gasteiger partial charge in [0.1, 0.15) is 5.82 Å². The van der Waals surface area contributed by atoms with E-state index in [0.29, 0.717) is 0 Å². The summed E-state index contributed by atoms with van der Waals surface area (Å²) in [6.45, 7) is 15.6. The maximum absolute atomic E-state index is 3.99. The van der Waals surface area contributed by atoms with E-state index in [-0.39, 0.29) is 0 Å². The van der Waals surface area contributed by atoms with Gasteiger partial charge in [-0.05, 0) is 19.1 Å². The van der Waals surface area contributed by atoms with Crippen molar-refractivity contribution < 1.29 is 0 Å². The summed E-state index contributed by atoms with van der Waals surface area (Å²) in [5.41, 5.74) is 1.02. The minimum Gasteiger partial charge on any atom is -0.373 e. The zero-order valence-corrected chi connectivity index (χ0v) is 10.8. The van der Waals surface area contributed by atoms with Gasteiger partial charge in [0, 0.05) is 13.2 Å². The standard InChI is InChI=1S/C6H8N2.C5H8.C4H6/c1-7-6-4-2-3-5-8-6;1-4-5(2)3;1-3-4-2/h2-5H,1H3,(H,7,8);4H,1-2H2,3H3;3-4H,1-2H2. The molecule has 0 aromatic carbocycles. The Balaban J connectivity index is 0. The molecule has 1 aromatic rings. The smallest absolute Gasteiger partial charge is 0.125 e. The van der Waals surface area contributed by atoms with E-state index >= 15 is 0 Å². The van der Waals surface area contributed by atoms with E-state index in [0.717, 1.165) is 11.4 Å². The Labute approximate surface area is 105 Å². The van der Waals surface area contributed by atoms with Gasteiger partial charge < -0.3 is 5.32 Å². The number of pyridine rings is 1. The first kappa shape index (κ1) is 17.3. The number of anilines is 1. The second-order valence-corrected chi connectivity index (χ2v) is 2.99. The molecule has 1 aromatic heterocycles. The monoisotopic (exact) mass is 230 g/mol. The molecule has 0 aliphatic carbocycles. The summed E-state index contributed by atoms with van der Waals surface area (Å²) < 4.78 is 0. The van der Waals surface area contributed by atoms with Crippen molar-refractivity contribution >= 4 is 5.82 Å². The molecule has 17 heavy (non-hydrogen) atoms. The molecule has 0 saturated carbocycles. The normalized spacial score (nSPS) is 7.18. The van der Waals surface area contributed by atoms with Crippen molar-refractivity contribution in [2.75, 3.05) is 12.4 Å². The topological polar surface area (TPSA) is 24.9 Å². The summed E-state index contributed by atoms with van der Waals surface area (Å²) in [5.74, 6) is 0.910. The van der Waals surface area contributed by atoms with Crippen LogP contribution in [-0.4, -0.2) is 12.0 Å². The van der Waals surface area contributed by atoms with Crippen molar-refractivity contribution in [1.82, 2.24) is 4.98 Å². The van der Waals surface area contributed by atoms with Crippen LogP contribution in [-0.2, 0) is 0 Å². The van der Waals surface area contributed by atoms with Crippen molar-refractivity contribution in [3.05, 3.63) is 74.5 Å². The highest BCUT2D eigenvalue weighted by Gasteiger charge is 1.79. The molecular formula is C15H22N2. The molecular weight excluding hydrogens is 208 g/mol. The number of nitrogens with zero attached hydrogens (tertiary/aromatic N) is 1.